The summed E-state index contributed by atoms with van der Waals surface area (Å²) >= 11 is 1.37. The molecule has 0 aliphatic carbocycles. The predicted molar refractivity (Wildman–Crippen MR) is 104 cm³/mol. The lowest BCUT2D eigenvalue weighted by molar-refractivity contribution is -0.126. The first kappa shape index (κ1) is 19.0. The molecule has 26 heavy (non-hydrogen) atoms. The van der Waals surface area contributed by atoms with E-state index in [0.717, 1.165) is 19.5 Å². The summed E-state index contributed by atoms with van der Waals surface area (Å²) in [6.45, 7) is 8.69. The molecule has 0 saturated carbocycles. The van der Waals surface area contributed by atoms with Crippen molar-refractivity contribution in [2.24, 2.45) is 0 Å². The second-order valence-electron chi connectivity index (χ2n) is 7.28. The van der Waals surface area contributed by atoms with E-state index in [0.29, 0.717) is 28.9 Å². The van der Waals surface area contributed by atoms with Gasteiger partial charge in [-0.3, -0.25) is 9.69 Å². The molecule has 1 unspecified atom stereocenters. The van der Waals surface area contributed by atoms with Crippen LogP contribution in [0.3, 0.4) is 0 Å². The van der Waals surface area contributed by atoms with Crippen molar-refractivity contribution in [3.63, 3.8) is 0 Å². The zero-order chi connectivity index (χ0) is 18.7. The number of benzene rings is 1. The molecular formula is C20H26FN3OS. The summed E-state index contributed by atoms with van der Waals surface area (Å²) in [5, 5.41) is 5.56. The summed E-state index contributed by atoms with van der Waals surface area (Å²) in [6, 6.07) is 7.01. The Kier molecular flexibility index (Phi) is 5.73. The van der Waals surface area contributed by atoms with E-state index in [1.54, 1.807) is 18.2 Å². The Balaban J connectivity index is 1.69. The fourth-order valence-corrected chi connectivity index (χ4v) is 4.42. The van der Waals surface area contributed by atoms with Crippen LogP contribution in [0.2, 0.25) is 0 Å². The molecule has 1 fully saturated rings. The predicted octanol–water partition coefficient (Wildman–Crippen LogP) is 3.83. The van der Waals surface area contributed by atoms with E-state index in [1.807, 2.05) is 19.2 Å². The molecule has 0 radical (unpaired) electrons. The van der Waals surface area contributed by atoms with Gasteiger partial charge in [0, 0.05) is 23.5 Å². The Morgan fingerprint density at radius 1 is 1.42 bits per heavy atom. The summed E-state index contributed by atoms with van der Waals surface area (Å²) in [4.78, 5) is 19.8. The Labute approximate surface area is 158 Å². The molecule has 1 aromatic heterocycles. The minimum absolute atomic E-state index is 0.0363. The normalized spacial score (nSPS) is 18.2. The summed E-state index contributed by atoms with van der Waals surface area (Å²) < 4.78 is 14.0. The highest BCUT2D eigenvalue weighted by Gasteiger charge is 2.33. The summed E-state index contributed by atoms with van der Waals surface area (Å²) in [5.41, 5.74) is 0.400. The maximum atomic E-state index is 14.0. The van der Waals surface area contributed by atoms with Crippen LogP contribution >= 0.6 is 11.3 Å². The van der Waals surface area contributed by atoms with Gasteiger partial charge in [-0.05, 0) is 51.9 Å². The van der Waals surface area contributed by atoms with Gasteiger partial charge in [-0.1, -0.05) is 19.1 Å². The van der Waals surface area contributed by atoms with Crippen LogP contribution in [-0.2, 0) is 10.2 Å². The number of amides is 1. The average molecular weight is 376 g/mol. The molecule has 1 aromatic carbocycles. The third kappa shape index (κ3) is 3.81. The molecule has 1 atom stereocenters. The third-order valence-electron chi connectivity index (χ3n) is 5.22. The van der Waals surface area contributed by atoms with Crippen LogP contribution in [0.4, 0.5) is 4.39 Å². The SMILES string of the molecule is CCN1CCCC1CNC(=O)C(C)(C)c1csc(-c2ccccc2F)n1. The molecule has 2 heterocycles. The molecule has 1 N–H and O–H groups in total. The van der Waals surface area contributed by atoms with E-state index in [1.165, 1.54) is 23.8 Å². The maximum absolute atomic E-state index is 14.0. The first-order valence-electron chi connectivity index (χ1n) is 9.16. The topological polar surface area (TPSA) is 45.2 Å². The van der Waals surface area contributed by atoms with Crippen molar-refractivity contribution in [2.45, 2.75) is 45.1 Å². The van der Waals surface area contributed by atoms with Gasteiger partial charge < -0.3 is 5.32 Å². The molecule has 0 bridgehead atoms. The van der Waals surface area contributed by atoms with E-state index >= 15 is 0 Å². The lowest BCUT2D eigenvalue weighted by atomic mass is 9.89. The van der Waals surface area contributed by atoms with Crippen LogP contribution in [0.5, 0.6) is 0 Å². The molecule has 1 amide bonds. The average Bonchev–Trinajstić information content (AvgIpc) is 3.29. The maximum Gasteiger partial charge on any atom is 0.231 e. The zero-order valence-corrected chi connectivity index (χ0v) is 16.4. The molecule has 3 rings (SSSR count). The van der Waals surface area contributed by atoms with Crippen molar-refractivity contribution < 1.29 is 9.18 Å². The minimum Gasteiger partial charge on any atom is -0.354 e. The summed E-state index contributed by atoms with van der Waals surface area (Å²) in [7, 11) is 0. The van der Waals surface area contributed by atoms with Gasteiger partial charge in [-0.15, -0.1) is 11.3 Å². The van der Waals surface area contributed by atoms with Gasteiger partial charge >= 0.3 is 0 Å². The Morgan fingerprint density at radius 3 is 2.92 bits per heavy atom. The monoisotopic (exact) mass is 375 g/mol. The molecule has 1 aliphatic heterocycles. The number of halogens is 1. The van der Waals surface area contributed by atoms with E-state index in [-0.39, 0.29) is 11.7 Å². The molecule has 140 valence electrons. The molecule has 2 aromatic rings. The number of carbonyl (C=O) groups is 1. The first-order chi connectivity index (χ1) is 12.4. The fourth-order valence-electron chi connectivity index (χ4n) is 3.41. The van der Waals surface area contributed by atoms with Crippen molar-refractivity contribution in [2.75, 3.05) is 19.6 Å². The molecule has 6 heteroatoms. The van der Waals surface area contributed by atoms with E-state index in [4.69, 9.17) is 0 Å². The fraction of sp³-hybridized carbons (Fsp3) is 0.500. The van der Waals surface area contributed by atoms with Gasteiger partial charge in [0.1, 0.15) is 10.8 Å². The van der Waals surface area contributed by atoms with Crippen LogP contribution in [0.1, 0.15) is 39.3 Å². The largest absolute Gasteiger partial charge is 0.354 e. The molecule has 1 aliphatic rings. The van der Waals surface area contributed by atoms with Crippen molar-refractivity contribution in [1.82, 2.24) is 15.2 Å². The van der Waals surface area contributed by atoms with E-state index < -0.39 is 5.41 Å². The molecular weight excluding hydrogens is 349 g/mol. The Morgan fingerprint density at radius 2 is 2.19 bits per heavy atom. The van der Waals surface area contributed by atoms with Gasteiger partial charge in [0.05, 0.1) is 11.1 Å². The van der Waals surface area contributed by atoms with Gasteiger partial charge in [-0.2, -0.15) is 0 Å². The second-order valence-corrected chi connectivity index (χ2v) is 8.14. The zero-order valence-electron chi connectivity index (χ0n) is 15.6. The van der Waals surface area contributed by atoms with Crippen molar-refractivity contribution in [3.8, 4) is 10.6 Å². The Bertz CT molecular complexity index is 774. The van der Waals surface area contributed by atoms with Gasteiger partial charge in [0.15, 0.2) is 0 Å². The highest BCUT2D eigenvalue weighted by molar-refractivity contribution is 7.13. The molecule has 1 saturated heterocycles. The minimum atomic E-state index is -0.754. The number of aromatic nitrogens is 1. The lowest BCUT2D eigenvalue weighted by Gasteiger charge is -2.26. The number of carbonyl (C=O) groups excluding carboxylic acids is 1. The van der Waals surface area contributed by atoms with Crippen molar-refractivity contribution in [3.05, 3.63) is 41.2 Å². The van der Waals surface area contributed by atoms with Gasteiger partial charge in [-0.25, -0.2) is 9.37 Å². The second kappa shape index (κ2) is 7.84. The van der Waals surface area contributed by atoms with Crippen LogP contribution < -0.4 is 5.32 Å². The van der Waals surface area contributed by atoms with Crippen LogP contribution in [-0.4, -0.2) is 41.5 Å². The molecule has 4 nitrogen and oxygen atoms in total. The number of likely N-dealkylation sites (N-methyl/N-ethyl adjacent to an activating group) is 1. The van der Waals surface area contributed by atoms with Gasteiger partial charge in [0.25, 0.3) is 0 Å². The Hall–Kier alpha value is -1.79. The quantitative estimate of drug-likeness (QED) is 0.835. The standard InChI is InChI=1S/C20H26FN3OS/c1-4-24-11-7-8-14(24)12-22-19(25)20(2,3)17-13-26-18(23-17)15-9-5-6-10-16(15)21/h5-6,9-10,13-14H,4,7-8,11-12H2,1-3H3,(H,22,25). The van der Waals surface area contributed by atoms with Crippen LogP contribution in [0, 0.1) is 5.82 Å². The highest BCUT2D eigenvalue weighted by atomic mass is 32.1. The van der Waals surface area contributed by atoms with Crippen LogP contribution in [0.25, 0.3) is 10.6 Å². The van der Waals surface area contributed by atoms with Crippen molar-refractivity contribution in [1.29, 1.82) is 0 Å². The lowest BCUT2D eigenvalue weighted by Crippen LogP contribution is -2.46. The highest BCUT2D eigenvalue weighted by Crippen LogP contribution is 2.31. The van der Waals surface area contributed by atoms with E-state index in [9.17, 15) is 9.18 Å². The number of nitrogens with zero attached hydrogens (tertiary/aromatic N) is 2. The number of nitrogens with one attached hydrogen (secondary N) is 1. The summed E-state index contributed by atoms with van der Waals surface area (Å²) in [5.74, 6) is -0.331. The summed E-state index contributed by atoms with van der Waals surface area (Å²) in [6.07, 6.45) is 2.32. The number of rotatable bonds is 6. The third-order valence-corrected chi connectivity index (χ3v) is 6.10. The van der Waals surface area contributed by atoms with E-state index in [2.05, 4.69) is 22.1 Å². The van der Waals surface area contributed by atoms with Crippen LogP contribution in [0.15, 0.2) is 29.6 Å². The van der Waals surface area contributed by atoms with Gasteiger partial charge in [0.2, 0.25) is 5.91 Å². The first-order valence-corrected chi connectivity index (χ1v) is 10.0. The number of likely N-dealkylation sites (tertiary alicyclic amines) is 1. The smallest absolute Gasteiger partial charge is 0.231 e. The molecule has 0 spiro atoms. The number of thiazole rings is 1. The number of hydrogen-bond donors (Lipinski definition) is 1. The van der Waals surface area contributed by atoms with Crippen molar-refractivity contribution >= 4 is 17.2 Å². The number of hydrogen-bond acceptors (Lipinski definition) is 4.